The minimum absolute atomic E-state index is 0.0634. The van der Waals surface area contributed by atoms with Gasteiger partial charge in [0.2, 0.25) is 0 Å². The van der Waals surface area contributed by atoms with Gasteiger partial charge in [-0.25, -0.2) is 0 Å². The van der Waals surface area contributed by atoms with Crippen molar-refractivity contribution in [2.45, 2.75) is 45.0 Å². The zero-order chi connectivity index (χ0) is 11.5. The molecule has 15 heavy (non-hydrogen) atoms. The molecule has 0 saturated heterocycles. The van der Waals surface area contributed by atoms with Crippen LogP contribution in [0, 0.1) is 23.2 Å². The maximum absolute atomic E-state index is 9.12. The van der Waals surface area contributed by atoms with Gasteiger partial charge in [0.15, 0.2) is 8.32 Å². The number of allylic oxidation sites excluding steroid dienone is 1. The predicted molar refractivity (Wildman–Crippen MR) is 64.9 cm³/mol. The van der Waals surface area contributed by atoms with E-state index in [0.717, 1.165) is 19.3 Å². The molecule has 2 nitrogen and oxygen atoms in total. The first-order valence-corrected chi connectivity index (χ1v) is 9.07. The summed E-state index contributed by atoms with van der Waals surface area (Å²) in [7, 11) is -1.51. The van der Waals surface area contributed by atoms with Crippen LogP contribution in [-0.2, 0) is 4.43 Å². The summed E-state index contributed by atoms with van der Waals surface area (Å²) in [4.78, 5) is 0. The Morgan fingerprint density at radius 1 is 1.40 bits per heavy atom. The van der Waals surface area contributed by atoms with E-state index in [1.807, 2.05) is 6.08 Å². The molecule has 0 N–H and O–H groups in total. The molecule has 1 rings (SSSR count). The smallest absolute Gasteiger partial charge is 0.184 e. The van der Waals surface area contributed by atoms with Crippen molar-refractivity contribution in [2.75, 3.05) is 0 Å². The largest absolute Gasteiger partial charge is 0.413 e. The second-order valence-corrected chi connectivity index (χ2v) is 9.77. The second-order valence-electron chi connectivity index (χ2n) is 5.31. The average molecular weight is 223 g/mol. The van der Waals surface area contributed by atoms with E-state index in [9.17, 15) is 0 Å². The average Bonchev–Trinajstić information content (AvgIpc) is 2.16. The lowest BCUT2D eigenvalue weighted by atomic mass is 9.80. The number of rotatable bonds is 3. The summed E-state index contributed by atoms with van der Waals surface area (Å²) in [5.41, 5.74) is 0. The fourth-order valence-electron chi connectivity index (χ4n) is 2.12. The van der Waals surface area contributed by atoms with Crippen LogP contribution >= 0.6 is 0 Å². The second kappa shape index (κ2) is 4.96. The summed E-state index contributed by atoms with van der Waals surface area (Å²) in [6.45, 7) is 10.4. The minimum Gasteiger partial charge on any atom is -0.413 e. The van der Waals surface area contributed by atoms with Crippen LogP contribution in [0.3, 0.4) is 0 Å². The molecule has 0 aliphatic heterocycles. The van der Waals surface area contributed by atoms with Crippen LogP contribution in [0.5, 0.6) is 0 Å². The van der Waals surface area contributed by atoms with Crippen LogP contribution in [0.15, 0.2) is 12.7 Å². The third-order valence-electron chi connectivity index (χ3n) is 2.83. The summed E-state index contributed by atoms with van der Waals surface area (Å²) in [5.74, 6) is 0.574. The van der Waals surface area contributed by atoms with Crippen LogP contribution in [0.1, 0.15) is 19.3 Å². The maximum Gasteiger partial charge on any atom is 0.184 e. The van der Waals surface area contributed by atoms with Crippen LogP contribution in [-0.4, -0.2) is 14.4 Å². The summed E-state index contributed by atoms with van der Waals surface area (Å²) < 4.78 is 6.06. The first-order chi connectivity index (χ1) is 6.96. The normalized spacial score (nSPS) is 32.0. The van der Waals surface area contributed by atoms with Crippen molar-refractivity contribution < 1.29 is 4.43 Å². The Morgan fingerprint density at radius 2 is 2.07 bits per heavy atom. The summed E-state index contributed by atoms with van der Waals surface area (Å²) >= 11 is 0. The third-order valence-corrected chi connectivity index (χ3v) is 3.84. The van der Waals surface area contributed by atoms with Gasteiger partial charge in [-0.05, 0) is 44.8 Å². The molecular formula is C12H21NOSi. The van der Waals surface area contributed by atoms with Crippen molar-refractivity contribution in [3.8, 4) is 6.07 Å². The highest BCUT2D eigenvalue weighted by Crippen LogP contribution is 2.32. The molecule has 1 aliphatic carbocycles. The molecule has 1 saturated carbocycles. The van der Waals surface area contributed by atoms with E-state index >= 15 is 0 Å². The Morgan fingerprint density at radius 3 is 2.53 bits per heavy atom. The van der Waals surface area contributed by atoms with Crippen LogP contribution in [0.2, 0.25) is 19.6 Å². The third kappa shape index (κ3) is 3.81. The molecule has 0 radical (unpaired) electrons. The molecule has 0 heterocycles. The van der Waals surface area contributed by atoms with Crippen LogP contribution in [0.4, 0.5) is 0 Å². The van der Waals surface area contributed by atoms with Gasteiger partial charge in [0.25, 0.3) is 0 Å². The fourth-order valence-corrected chi connectivity index (χ4v) is 3.31. The molecule has 0 aromatic rings. The van der Waals surface area contributed by atoms with E-state index < -0.39 is 8.32 Å². The number of nitriles is 1. The van der Waals surface area contributed by atoms with E-state index in [1.165, 1.54) is 0 Å². The van der Waals surface area contributed by atoms with Crippen molar-refractivity contribution >= 4 is 8.32 Å². The predicted octanol–water partition coefficient (Wildman–Crippen LogP) is 3.33. The van der Waals surface area contributed by atoms with Gasteiger partial charge in [-0.15, -0.1) is 6.58 Å². The SMILES string of the molecule is C=CC1CC[C@@H](O[Si](C)(C)C)[C@H](C#N)C1. The topological polar surface area (TPSA) is 33.0 Å². The van der Waals surface area contributed by atoms with Gasteiger partial charge in [0, 0.05) is 0 Å². The Bertz CT molecular complexity index is 264. The van der Waals surface area contributed by atoms with Gasteiger partial charge < -0.3 is 4.43 Å². The van der Waals surface area contributed by atoms with Gasteiger partial charge in [-0.2, -0.15) is 5.26 Å². The molecule has 3 heteroatoms. The van der Waals surface area contributed by atoms with Gasteiger partial charge in [-0.1, -0.05) is 6.08 Å². The zero-order valence-corrected chi connectivity index (χ0v) is 11.0. The molecule has 0 bridgehead atoms. The molecular weight excluding hydrogens is 202 g/mol. The molecule has 84 valence electrons. The highest BCUT2D eigenvalue weighted by molar-refractivity contribution is 6.69. The van der Waals surface area contributed by atoms with Gasteiger partial charge >= 0.3 is 0 Å². The Labute approximate surface area is 94.1 Å². The van der Waals surface area contributed by atoms with Crippen molar-refractivity contribution in [1.82, 2.24) is 0 Å². The monoisotopic (exact) mass is 223 g/mol. The lowest BCUT2D eigenvalue weighted by Gasteiger charge is -2.35. The van der Waals surface area contributed by atoms with E-state index in [-0.39, 0.29) is 12.0 Å². The zero-order valence-electron chi connectivity index (χ0n) is 9.99. The molecule has 0 aromatic carbocycles. The molecule has 1 unspecified atom stereocenters. The quantitative estimate of drug-likeness (QED) is 0.543. The van der Waals surface area contributed by atoms with E-state index in [1.54, 1.807) is 0 Å². The lowest BCUT2D eigenvalue weighted by Crippen LogP contribution is -2.39. The molecule has 1 fully saturated rings. The standard InChI is InChI=1S/C12H21NOSi/c1-5-10-6-7-12(11(8-10)9-13)14-15(2,3)4/h5,10-12H,1,6-8H2,2-4H3/t10?,11-,12+/m0/s1. The number of hydrogen-bond donors (Lipinski definition) is 0. The van der Waals surface area contributed by atoms with Gasteiger partial charge in [-0.3, -0.25) is 0 Å². The van der Waals surface area contributed by atoms with Crippen molar-refractivity contribution in [3.63, 3.8) is 0 Å². The molecule has 3 atom stereocenters. The first kappa shape index (κ1) is 12.5. The maximum atomic E-state index is 9.12. The minimum atomic E-state index is -1.51. The number of hydrogen-bond acceptors (Lipinski definition) is 2. The van der Waals surface area contributed by atoms with Crippen LogP contribution < -0.4 is 0 Å². The summed E-state index contributed by atoms with van der Waals surface area (Å²) in [6, 6.07) is 2.39. The molecule has 0 aromatic heterocycles. The highest BCUT2D eigenvalue weighted by Gasteiger charge is 2.33. The van der Waals surface area contributed by atoms with Crippen LogP contribution in [0.25, 0.3) is 0 Å². The lowest BCUT2D eigenvalue weighted by molar-refractivity contribution is 0.0992. The number of nitrogens with zero attached hydrogens (tertiary/aromatic N) is 1. The first-order valence-electron chi connectivity index (χ1n) is 5.66. The Kier molecular flexibility index (Phi) is 4.12. The molecule has 0 amide bonds. The van der Waals surface area contributed by atoms with E-state index in [0.29, 0.717) is 5.92 Å². The summed E-state index contributed by atoms with van der Waals surface area (Å²) in [5, 5.41) is 9.12. The Balaban J connectivity index is 2.59. The van der Waals surface area contributed by atoms with Gasteiger partial charge in [0.1, 0.15) is 0 Å². The van der Waals surface area contributed by atoms with Crippen molar-refractivity contribution in [1.29, 1.82) is 5.26 Å². The van der Waals surface area contributed by atoms with Crippen molar-refractivity contribution in [3.05, 3.63) is 12.7 Å². The molecule has 1 aliphatic rings. The fraction of sp³-hybridized carbons (Fsp3) is 0.750. The molecule has 0 spiro atoms. The highest BCUT2D eigenvalue weighted by atomic mass is 28.4. The van der Waals surface area contributed by atoms with E-state index in [4.69, 9.17) is 9.69 Å². The summed E-state index contributed by atoms with van der Waals surface area (Å²) in [6.07, 6.45) is 5.21. The van der Waals surface area contributed by atoms with Crippen molar-refractivity contribution in [2.24, 2.45) is 11.8 Å². The van der Waals surface area contributed by atoms with Gasteiger partial charge in [0.05, 0.1) is 18.1 Å². The van der Waals surface area contributed by atoms with E-state index in [2.05, 4.69) is 32.3 Å². The Hall–Kier alpha value is -0.593.